The van der Waals surface area contributed by atoms with Crippen LogP contribution in [0.4, 0.5) is 0 Å². The highest BCUT2D eigenvalue weighted by atomic mass is 16.6. The SMILES string of the molecule is CC[C@H](C)[C@H](N)C(=O)OCCOCCOC. The van der Waals surface area contributed by atoms with Gasteiger partial charge in [0.25, 0.3) is 0 Å². The number of esters is 1. The van der Waals surface area contributed by atoms with Crippen LogP contribution in [-0.4, -0.2) is 45.5 Å². The third kappa shape index (κ3) is 6.76. The highest BCUT2D eigenvalue weighted by molar-refractivity contribution is 5.75. The van der Waals surface area contributed by atoms with E-state index in [1.807, 2.05) is 13.8 Å². The summed E-state index contributed by atoms with van der Waals surface area (Å²) in [6.07, 6.45) is 0.862. The maximum atomic E-state index is 11.4. The maximum Gasteiger partial charge on any atom is 0.323 e. The molecule has 0 aromatic heterocycles. The number of methoxy groups -OCH3 is 1. The molecule has 96 valence electrons. The summed E-state index contributed by atoms with van der Waals surface area (Å²) in [7, 11) is 1.61. The van der Waals surface area contributed by atoms with Gasteiger partial charge in [-0.3, -0.25) is 4.79 Å². The lowest BCUT2D eigenvalue weighted by atomic mass is 10.0. The summed E-state index contributed by atoms with van der Waals surface area (Å²) < 4.78 is 14.9. The zero-order chi connectivity index (χ0) is 12.4. The first-order valence-corrected chi connectivity index (χ1v) is 5.62. The number of ether oxygens (including phenoxy) is 3. The van der Waals surface area contributed by atoms with Crippen LogP contribution < -0.4 is 5.73 Å². The van der Waals surface area contributed by atoms with E-state index in [0.29, 0.717) is 19.8 Å². The lowest BCUT2D eigenvalue weighted by molar-refractivity contribution is -0.148. The minimum atomic E-state index is -0.538. The van der Waals surface area contributed by atoms with Crippen molar-refractivity contribution in [3.05, 3.63) is 0 Å². The molecule has 0 aliphatic rings. The molecule has 0 aromatic rings. The van der Waals surface area contributed by atoms with E-state index >= 15 is 0 Å². The van der Waals surface area contributed by atoms with Crippen LogP contribution in [0.1, 0.15) is 20.3 Å². The van der Waals surface area contributed by atoms with Gasteiger partial charge in [-0.1, -0.05) is 20.3 Å². The predicted molar refractivity (Wildman–Crippen MR) is 61.1 cm³/mol. The summed E-state index contributed by atoms with van der Waals surface area (Å²) in [6, 6.07) is -0.538. The van der Waals surface area contributed by atoms with Crippen LogP contribution in [0.5, 0.6) is 0 Å². The minimum Gasteiger partial charge on any atom is -0.462 e. The van der Waals surface area contributed by atoms with Crippen molar-refractivity contribution in [3.8, 4) is 0 Å². The normalized spacial score (nSPS) is 14.5. The van der Waals surface area contributed by atoms with Gasteiger partial charge in [0.1, 0.15) is 12.6 Å². The standard InChI is InChI=1S/C11H23NO4/c1-4-9(2)10(12)11(13)16-8-7-15-6-5-14-3/h9-10H,4-8,12H2,1-3H3/t9-,10-/m0/s1. The van der Waals surface area contributed by atoms with Gasteiger partial charge in [0.05, 0.1) is 19.8 Å². The second-order valence-corrected chi connectivity index (χ2v) is 3.68. The summed E-state index contributed by atoms with van der Waals surface area (Å²) >= 11 is 0. The smallest absolute Gasteiger partial charge is 0.323 e. The van der Waals surface area contributed by atoms with Gasteiger partial charge >= 0.3 is 5.97 Å². The van der Waals surface area contributed by atoms with Gasteiger partial charge < -0.3 is 19.9 Å². The molecule has 0 bridgehead atoms. The molecule has 0 amide bonds. The second kappa shape index (κ2) is 9.57. The Morgan fingerprint density at radius 2 is 1.88 bits per heavy atom. The Bertz CT molecular complexity index is 187. The van der Waals surface area contributed by atoms with Crippen molar-refractivity contribution in [2.75, 3.05) is 33.5 Å². The summed E-state index contributed by atoms with van der Waals surface area (Å²) in [5, 5.41) is 0. The highest BCUT2D eigenvalue weighted by Gasteiger charge is 2.20. The van der Waals surface area contributed by atoms with Crippen LogP contribution in [0.2, 0.25) is 0 Å². The number of carbonyl (C=O) groups excluding carboxylic acids is 1. The Hall–Kier alpha value is -0.650. The molecule has 0 heterocycles. The second-order valence-electron chi connectivity index (χ2n) is 3.68. The Kier molecular flexibility index (Phi) is 9.18. The molecule has 2 N–H and O–H groups in total. The third-order valence-electron chi connectivity index (χ3n) is 2.43. The largest absolute Gasteiger partial charge is 0.462 e. The van der Waals surface area contributed by atoms with Crippen molar-refractivity contribution >= 4 is 5.97 Å². The van der Waals surface area contributed by atoms with Crippen LogP contribution in [0.15, 0.2) is 0 Å². The van der Waals surface area contributed by atoms with Crippen molar-refractivity contribution in [3.63, 3.8) is 0 Å². The van der Waals surface area contributed by atoms with E-state index in [9.17, 15) is 4.79 Å². The summed E-state index contributed by atoms with van der Waals surface area (Å²) in [5.41, 5.74) is 5.70. The highest BCUT2D eigenvalue weighted by Crippen LogP contribution is 2.06. The first kappa shape index (κ1) is 15.3. The Labute approximate surface area is 97.2 Å². The van der Waals surface area contributed by atoms with Gasteiger partial charge in [0, 0.05) is 7.11 Å². The summed E-state index contributed by atoms with van der Waals surface area (Å²) in [5.74, 6) is -0.216. The van der Waals surface area contributed by atoms with Gasteiger partial charge in [0.15, 0.2) is 0 Å². The topological polar surface area (TPSA) is 70.8 Å². The molecular formula is C11H23NO4. The van der Waals surface area contributed by atoms with E-state index < -0.39 is 6.04 Å². The first-order valence-electron chi connectivity index (χ1n) is 5.62. The van der Waals surface area contributed by atoms with E-state index in [2.05, 4.69) is 0 Å². The zero-order valence-corrected chi connectivity index (χ0v) is 10.4. The van der Waals surface area contributed by atoms with Crippen LogP contribution in [0, 0.1) is 5.92 Å². The average Bonchev–Trinajstić information content (AvgIpc) is 2.31. The van der Waals surface area contributed by atoms with E-state index in [4.69, 9.17) is 19.9 Å². The van der Waals surface area contributed by atoms with E-state index in [1.54, 1.807) is 7.11 Å². The fraction of sp³-hybridized carbons (Fsp3) is 0.909. The quantitative estimate of drug-likeness (QED) is 0.465. The molecule has 0 spiro atoms. The molecule has 16 heavy (non-hydrogen) atoms. The lowest BCUT2D eigenvalue weighted by Gasteiger charge is -2.16. The molecule has 5 heteroatoms. The number of hydrogen-bond acceptors (Lipinski definition) is 5. The third-order valence-corrected chi connectivity index (χ3v) is 2.43. The fourth-order valence-electron chi connectivity index (χ4n) is 1.03. The zero-order valence-electron chi connectivity index (χ0n) is 10.4. The minimum absolute atomic E-state index is 0.141. The molecule has 0 unspecified atom stereocenters. The molecule has 0 aliphatic carbocycles. The average molecular weight is 233 g/mol. The number of hydrogen-bond donors (Lipinski definition) is 1. The van der Waals surface area contributed by atoms with E-state index in [1.165, 1.54) is 0 Å². The maximum absolute atomic E-state index is 11.4. The molecule has 0 radical (unpaired) electrons. The monoisotopic (exact) mass is 233 g/mol. The van der Waals surface area contributed by atoms with Crippen molar-refractivity contribution in [2.45, 2.75) is 26.3 Å². The van der Waals surface area contributed by atoms with E-state index in [-0.39, 0.29) is 18.5 Å². The van der Waals surface area contributed by atoms with E-state index in [0.717, 1.165) is 6.42 Å². The van der Waals surface area contributed by atoms with Crippen molar-refractivity contribution in [2.24, 2.45) is 11.7 Å². The Morgan fingerprint density at radius 1 is 1.25 bits per heavy atom. The lowest BCUT2D eigenvalue weighted by Crippen LogP contribution is -2.38. The van der Waals surface area contributed by atoms with Crippen LogP contribution >= 0.6 is 0 Å². The molecule has 0 saturated heterocycles. The fourth-order valence-corrected chi connectivity index (χ4v) is 1.03. The molecule has 0 aliphatic heterocycles. The molecule has 0 rings (SSSR count). The van der Waals surface area contributed by atoms with Gasteiger partial charge in [0.2, 0.25) is 0 Å². The van der Waals surface area contributed by atoms with Gasteiger partial charge in [-0.2, -0.15) is 0 Å². The number of nitrogens with two attached hydrogens (primary N) is 1. The van der Waals surface area contributed by atoms with Crippen molar-refractivity contribution < 1.29 is 19.0 Å². The molecule has 2 atom stereocenters. The van der Waals surface area contributed by atoms with Crippen LogP contribution in [-0.2, 0) is 19.0 Å². The Balaban J connectivity index is 3.50. The summed E-state index contributed by atoms with van der Waals surface area (Å²) in [6.45, 7) is 5.59. The molecule has 5 nitrogen and oxygen atoms in total. The first-order chi connectivity index (χ1) is 7.63. The van der Waals surface area contributed by atoms with Gasteiger partial charge in [-0.25, -0.2) is 0 Å². The predicted octanol–water partition coefficient (Wildman–Crippen LogP) is 0.566. The summed E-state index contributed by atoms with van der Waals surface area (Å²) in [4.78, 5) is 11.4. The van der Waals surface area contributed by atoms with Crippen LogP contribution in [0.3, 0.4) is 0 Å². The molecule has 0 saturated carbocycles. The number of carbonyl (C=O) groups is 1. The molecule has 0 aromatic carbocycles. The molecular weight excluding hydrogens is 210 g/mol. The van der Waals surface area contributed by atoms with Crippen LogP contribution in [0.25, 0.3) is 0 Å². The van der Waals surface area contributed by atoms with Gasteiger partial charge in [-0.15, -0.1) is 0 Å². The number of rotatable bonds is 9. The van der Waals surface area contributed by atoms with Gasteiger partial charge in [-0.05, 0) is 5.92 Å². The Morgan fingerprint density at radius 3 is 2.44 bits per heavy atom. The van der Waals surface area contributed by atoms with Crippen molar-refractivity contribution in [1.29, 1.82) is 0 Å². The molecule has 0 fully saturated rings. The van der Waals surface area contributed by atoms with Crippen molar-refractivity contribution in [1.82, 2.24) is 0 Å².